The van der Waals surface area contributed by atoms with Crippen LogP contribution in [-0.2, 0) is 4.79 Å². The van der Waals surface area contributed by atoms with Crippen LogP contribution in [0.1, 0.15) is 18.4 Å². The molecule has 23 heavy (non-hydrogen) atoms. The van der Waals surface area contributed by atoms with Crippen LogP contribution in [0.2, 0.25) is 0 Å². The standard InChI is InChI=1S/C16H20N4O2.ClH/c1-12-11-13(22-16-18-9-4-10-19-16)6-7-14(12)20-15(21)5-3-8-17-2;/h4,6-7,9-11,17H,3,5,8H2,1-2H3,(H,20,21);1H. The molecule has 6 nitrogen and oxygen atoms in total. The fourth-order valence-corrected chi connectivity index (χ4v) is 1.92. The molecule has 124 valence electrons. The quantitative estimate of drug-likeness (QED) is 0.760. The summed E-state index contributed by atoms with van der Waals surface area (Å²) in [6, 6.07) is 7.48. The molecule has 0 bridgehead atoms. The smallest absolute Gasteiger partial charge is 0.321 e. The van der Waals surface area contributed by atoms with E-state index < -0.39 is 0 Å². The summed E-state index contributed by atoms with van der Waals surface area (Å²) in [6.07, 6.45) is 4.55. The van der Waals surface area contributed by atoms with E-state index in [-0.39, 0.29) is 18.3 Å². The predicted octanol–water partition coefficient (Wildman–Crippen LogP) is 2.94. The molecule has 1 heterocycles. The number of ether oxygens (including phenoxy) is 1. The van der Waals surface area contributed by atoms with E-state index in [4.69, 9.17) is 4.74 Å². The highest BCUT2D eigenvalue weighted by Crippen LogP contribution is 2.24. The third-order valence-corrected chi connectivity index (χ3v) is 3.05. The molecule has 0 aliphatic heterocycles. The highest BCUT2D eigenvalue weighted by atomic mass is 35.5. The second-order valence-electron chi connectivity index (χ2n) is 4.87. The van der Waals surface area contributed by atoms with E-state index in [0.29, 0.717) is 18.2 Å². The molecule has 1 aromatic heterocycles. The van der Waals surface area contributed by atoms with E-state index in [1.165, 1.54) is 0 Å². The fourth-order valence-electron chi connectivity index (χ4n) is 1.92. The van der Waals surface area contributed by atoms with Gasteiger partial charge in [-0.1, -0.05) is 0 Å². The number of nitrogens with zero attached hydrogens (tertiary/aromatic N) is 2. The van der Waals surface area contributed by atoms with Crippen LogP contribution in [0.4, 0.5) is 5.69 Å². The Morgan fingerprint density at radius 1 is 1.26 bits per heavy atom. The molecule has 0 aliphatic carbocycles. The molecular weight excluding hydrogens is 316 g/mol. The fraction of sp³-hybridized carbons (Fsp3) is 0.312. The maximum Gasteiger partial charge on any atom is 0.321 e. The molecule has 0 aliphatic rings. The molecular formula is C16H21ClN4O2. The molecule has 7 heteroatoms. The zero-order chi connectivity index (χ0) is 15.8. The Balaban J connectivity index is 0.00000264. The summed E-state index contributed by atoms with van der Waals surface area (Å²) in [5, 5.41) is 5.93. The second kappa shape index (κ2) is 9.76. The summed E-state index contributed by atoms with van der Waals surface area (Å²) in [5.41, 5.74) is 1.71. The van der Waals surface area contributed by atoms with Crippen LogP contribution in [0.3, 0.4) is 0 Å². The minimum atomic E-state index is 0. The number of carbonyl (C=O) groups is 1. The van der Waals surface area contributed by atoms with Crippen molar-refractivity contribution in [3.8, 4) is 11.8 Å². The monoisotopic (exact) mass is 336 g/mol. The third-order valence-electron chi connectivity index (χ3n) is 3.05. The number of hydrogen-bond acceptors (Lipinski definition) is 5. The number of anilines is 1. The minimum absolute atomic E-state index is 0. The number of hydrogen-bond donors (Lipinski definition) is 2. The molecule has 2 N–H and O–H groups in total. The SMILES string of the molecule is CNCCCC(=O)Nc1ccc(Oc2ncccn2)cc1C.Cl. The average molecular weight is 337 g/mol. The molecule has 0 radical (unpaired) electrons. The van der Waals surface area contributed by atoms with Crippen molar-refractivity contribution in [2.45, 2.75) is 19.8 Å². The van der Waals surface area contributed by atoms with Gasteiger partial charge in [-0.25, -0.2) is 9.97 Å². The molecule has 1 amide bonds. The lowest BCUT2D eigenvalue weighted by Crippen LogP contribution is -2.15. The Bertz CT molecular complexity index is 623. The summed E-state index contributed by atoms with van der Waals surface area (Å²) >= 11 is 0. The van der Waals surface area contributed by atoms with E-state index in [2.05, 4.69) is 20.6 Å². The van der Waals surface area contributed by atoms with Crippen LogP contribution in [0, 0.1) is 6.92 Å². The van der Waals surface area contributed by atoms with Crippen molar-refractivity contribution >= 4 is 24.0 Å². The molecule has 2 aromatic rings. The average Bonchev–Trinajstić information content (AvgIpc) is 2.51. The van der Waals surface area contributed by atoms with Gasteiger partial charge in [0.2, 0.25) is 5.91 Å². The van der Waals surface area contributed by atoms with Crippen LogP contribution >= 0.6 is 12.4 Å². The zero-order valence-electron chi connectivity index (χ0n) is 13.2. The first-order chi connectivity index (χ1) is 10.7. The Morgan fingerprint density at radius 2 is 2.00 bits per heavy atom. The highest BCUT2D eigenvalue weighted by Gasteiger charge is 2.07. The normalized spacial score (nSPS) is 9.83. The summed E-state index contributed by atoms with van der Waals surface area (Å²) in [6.45, 7) is 2.75. The van der Waals surface area contributed by atoms with Gasteiger partial charge < -0.3 is 15.4 Å². The van der Waals surface area contributed by atoms with E-state index in [1.807, 2.05) is 26.1 Å². The van der Waals surface area contributed by atoms with Crippen LogP contribution in [0.5, 0.6) is 11.8 Å². The van der Waals surface area contributed by atoms with E-state index in [9.17, 15) is 4.79 Å². The van der Waals surface area contributed by atoms with Crippen molar-refractivity contribution in [3.05, 3.63) is 42.2 Å². The number of aryl methyl sites for hydroxylation is 1. The topological polar surface area (TPSA) is 76.1 Å². The summed E-state index contributed by atoms with van der Waals surface area (Å²) in [5.74, 6) is 0.648. The first-order valence-corrected chi connectivity index (χ1v) is 7.19. The molecule has 2 rings (SSSR count). The van der Waals surface area contributed by atoms with Crippen LogP contribution < -0.4 is 15.4 Å². The predicted molar refractivity (Wildman–Crippen MR) is 92.3 cm³/mol. The van der Waals surface area contributed by atoms with Crippen molar-refractivity contribution in [1.29, 1.82) is 0 Å². The molecule has 1 aromatic carbocycles. The van der Waals surface area contributed by atoms with Gasteiger partial charge in [-0.15, -0.1) is 12.4 Å². The van der Waals surface area contributed by atoms with Gasteiger partial charge in [0.1, 0.15) is 5.75 Å². The zero-order valence-corrected chi connectivity index (χ0v) is 14.0. The Hall–Kier alpha value is -2.18. The number of amides is 1. The van der Waals surface area contributed by atoms with Crippen LogP contribution in [-0.4, -0.2) is 29.5 Å². The molecule has 0 atom stereocenters. The maximum atomic E-state index is 11.8. The Labute approximate surface area is 142 Å². The Morgan fingerprint density at radius 3 is 2.65 bits per heavy atom. The van der Waals surface area contributed by atoms with Gasteiger partial charge in [-0.05, 0) is 56.8 Å². The number of nitrogens with one attached hydrogen (secondary N) is 2. The molecule has 0 saturated heterocycles. The molecule has 0 fully saturated rings. The lowest BCUT2D eigenvalue weighted by molar-refractivity contribution is -0.116. The van der Waals surface area contributed by atoms with Crippen molar-refractivity contribution in [3.63, 3.8) is 0 Å². The van der Waals surface area contributed by atoms with Gasteiger partial charge in [0.15, 0.2) is 0 Å². The molecule has 0 spiro atoms. The van der Waals surface area contributed by atoms with Gasteiger partial charge in [0, 0.05) is 24.5 Å². The first-order valence-electron chi connectivity index (χ1n) is 7.19. The van der Waals surface area contributed by atoms with Crippen molar-refractivity contribution in [2.24, 2.45) is 0 Å². The van der Waals surface area contributed by atoms with Crippen LogP contribution in [0.25, 0.3) is 0 Å². The first kappa shape index (κ1) is 18.9. The third kappa shape index (κ3) is 6.22. The number of benzene rings is 1. The highest BCUT2D eigenvalue weighted by molar-refractivity contribution is 5.91. The van der Waals surface area contributed by atoms with Crippen LogP contribution in [0.15, 0.2) is 36.7 Å². The lowest BCUT2D eigenvalue weighted by Gasteiger charge is -2.10. The summed E-state index contributed by atoms with van der Waals surface area (Å²) in [4.78, 5) is 19.8. The van der Waals surface area contributed by atoms with Crippen molar-refractivity contribution in [1.82, 2.24) is 15.3 Å². The summed E-state index contributed by atoms with van der Waals surface area (Å²) in [7, 11) is 1.87. The van der Waals surface area contributed by atoms with Gasteiger partial charge >= 0.3 is 6.01 Å². The largest absolute Gasteiger partial charge is 0.424 e. The van der Waals surface area contributed by atoms with Gasteiger partial charge in [-0.2, -0.15) is 0 Å². The van der Waals surface area contributed by atoms with Crippen molar-refractivity contribution in [2.75, 3.05) is 18.9 Å². The molecule has 0 saturated carbocycles. The van der Waals surface area contributed by atoms with E-state index >= 15 is 0 Å². The number of aromatic nitrogens is 2. The van der Waals surface area contributed by atoms with E-state index in [1.54, 1.807) is 24.5 Å². The lowest BCUT2D eigenvalue weighted by atomic mass is 10.2. The Kier molecular flexibility index (Phi) is 8.01. The molecule has 0 unspecified atom stereocenters. The minimum Gasteiger partial charge on any atom is -0.424 e. The number of halogens is 1. The van der Waals surface area contributed by atoms with Gasteiger partial charge in [0.25, 0.3) is 0 Å². The maximum absolute atomic E-state index is 11.8. The van der Waals surface area contributed by atoms with Crippen molar-refractivity contribution < 1.29 is 9.53 Å². The van der Waals surface area contributed by atoms with E-state index in [0.717, 1.165) is 24.2 Å². The van der Waals surface area contributed by atoms with Gasteiger partial charge in [-0.3, -0.25) is 4.79 Å². The number of carbonyl (C=O) groups excluding carboxylic acids is 1. The summed E-state index contributed by atoms with van der Waals surface area (Å²) < 4.78 is 5.56. The number of rotatable bonds is 7. The second-order valence-corrected chi connectivity index (χ2v) is 4.87. The van der Waals surface area contributed by atoms with Gasteiger partial charge in [0.05, 0.1) is 0 Å².